The largest absolute Gasteiger partial charge is 0.380 e. The Balaban J connectivity index is 1.71. The summed E-state index contributed by atoms with van der Waals surface area (Å²) in [5.74, 6) is 0. The number of benzene rings is 1. The molecule has 2 nitrogen and oxygen atoms in total. The maximum atomic E-state index is 5.33. The molecule has 2 rings (SSSR count). The lowest BCUT2D eigenvalue weighted by atomic mass is 10.1. The van der Waals surface area contributed by atoms with Gasteiger partial charge in [-0.1, -0.05) is 31.2 Å². The first-order valence-corrected chi connectivity index (χ1v) is 6.27. The molecule has 0 radical (unpaired) electrons. The average molecular weight is 219 g/mol. The molecule has 1 unspecified atom stereocenters. The fraction of sp³-hybridized carbons (Fsp3) is 0.571. The molecule has 88 valence electrons. The summed E-state index contributed by atoms with van der Waals surface area (Å²) >= 11 is 0. The SMILES string of the molecule is CCc1ccc(CCNC2CCOC2)cc1. The van der Waals surface area contributed by atoms with Crippen molar-refractivity contribution in [3.05, 3.63) is 35.4 Å². The molecule has 2 heteroatoms. The minimum absolute atomic E-state index is 0.579. The highest BCUT2D eigenvalue weighted by atomic mass is 16.5. The van der Waals surface area contributed by atoms with E-state index in [2.05, 4.69) is 36.5 Å². The third kappa shape index (κ3) is 3.32. The summed E-state index contributed by atoms with van der Waals surface area (Å²) in [6.07, 6.45) is 3.40. The standard InChI is InChI=1S/C14H21NO/c1-2-12-3-5-13(6-4-12)7-9-15-14-8-10-16-11-14/h3-6,14-15H,2,7-11H2,1H3. The van der Waals surface area contributed by atoms with Gasteiger partial charge in [0.05, 0.1) is 6.61 Å². The maximum absolute atomic E-state index is 5.33. The van der Waals surface area contributed by atoms with E-state index >= 15 is 0 Å². The molecule has 1 aromatic rings. The lowest BCUT2D eigenvalue weighted by Gasteiger charge is -2.10. The van der Waals surface area contributed by atoms with Crippen molar-refractivity contribution >= 4 is 0 Å². The highest BCUT2D eigenvalue weighted by Gasteiger charge is 2.13. The molecule has 0 amide bonds. The molecule has 0 spiro atoms. The van der Waals surface area contributed by atoms with Crippen molar-refractivity contribution in [2.24, 2.45) is 0 Å². The Morgan fingerprint density at radius 3 is 2.62 bits per heavy atom. The van der Waals surface area contributed by atoms with Gasteiger partial charge >= 0.3 is 0 Å². The van der Waals surface area contributed by atoms with E-state index in [-0.39, 0.29) is 0 Å². The lowest BCUT2D eigenvalue weighted by Crippen LogP contribution is -2.30. The Hall–Kier alpha value is -0.860. The summed E-state index contributed by atoms with van der Waals surface area (Å²) < 4.78 is 5.33. The molecule has 1 aliphatic rings. The van der Waals surface area contributed by atoms with Crippen molar-refractivity contribution in [3.63, 3.8) is 0 Å². The van der Waals surface area contributed by atoms with E-state index in [4.69, 9.17) is 4.74 Å². The molecule has 1 N–H and O–H groups in total. The van der Waals surface area contributed by atoms with E-state index in [0.29, 0.717) is 6.04 Å². The van der Waals surface area contributed by atoms with Gasteiger partial charge in [0.2, 0.25) is 0 Å². The molecule has 16 heavy (non-hydrogen) atoms. The Bertz CT molecular complexity index is 301. The van der Waals surface area contributed by atoms with Crippen LogP contribution in [0.25, 0.3) is 0 Å². The molecule has 1 aromatic carbocycles. The Kier molecular flexibility index (Phi) is 4.37. The van der Waals surface area contributed by atoms with Crippen molar-refractivity contribution in [2.45, 2.75) is 32.2 Å². The summed E-state index contributed by atoms with van der Waals surface area (Å²) in [6.45, 7) is 5.05. The zero-order chi connectivity index (χ0) is 11.2. The van der Waals surface area contributed by atoms with Gasteiger partial charge in [-0.15, -0.1) is 0 Å². The summed E-state index contributed by atoms with van der Waals surface area (Å²) in [6, 6.07) is 9.52. The van der Waals surface area contributed by atoms with Gasteiger partial charge in [0, 0.05) is 12.6 Å². The van der Waals surface area contributed by atoms with Gasteiger partial charge in [0.25, 0.3) is 0 Å². The summed E-state index contributed by atoms with van der Waals surface area (Å²) in [7, 11) is 0. The quantitative estimate of drug-likeness (QED) is 0.819. The van der Waals surface area contributed by atoms with Crippen LogP contribution in [-0.4, -0.2) is 25.8 Å². The second-order valence-corrected chi connectivity index (χ2v) is 4.43. The van der Waals surface area contributed by atoms with Crippen molar-refractivity contribution in [2.75, 3.05) is 19.8 Å². The molecule has 0 saturated carbocycles. The number of ether oxygens (including phenoxy) is 1. The molecule has 0 aliphatic carbocycles. The predicted octanol–water partition coefficient (Wildman–Crippen LogP) is 2.17. The first-order chi connectivity index (χ1) is 7.88. The molecular formula is C14H21NO. The van der Waals surface area contributed by atoms with E-state index in [0.717, 1.165) is 39.0 Å². The number of rotatable bonds is 5. The fourth-order valence-electron chi connectivity index (χ4n) is 2.06. The highest BCUT2D eigenvalue weighted by Crippen LogP contribution is 2.06. The van der Waals surface area contributed by atoms with E-state index < -0.39 is 0 Å². The van der Waals surface area contributed by atoms with Crippen molar-refractivity contribution < 1.29 is 4.74 Å². The van der Waals surface area contributed by atoms with E-state index in [1.165, 1.54) is 11.1 Å². The smallest absolute Gasteiger partial charge is 0.0620 e. The topological polar surface area (TPSA) is 21.3 Å². The molecule has 1 saturated heterocycles. The average Bonchev–Trinajstić information content (AvgIpc) is 2.83. The molecule has 1 aliphatic heterocycles. The van der Waals surface area contributed by atoms with E-state index in [1.807, 2.05) is 0 Å². The number of hydrogen-bond donors (Lipinski definition) is 1. The summed E-state index contributed by atoms with van der Waals surface area (Å²) in [4.78, 5) is 0. The van der Waals surface area contributed by atoms with Crippen LogP contribution in [-0.2, 0) is 17.6 Å². The Labute approximate surface area is 98.0 Å². The Morgan fingerprint density at radius 2 is 2.00 bits per heavy atom. The van der Waals surface area contributed by atoms with Gasteiger partial charge in [-0.05, 0) is 36.9 Å². The number of hydrogen-bond acceptors (Lipinski definition) is 2. The zero-order valence-electron chi connectivity index (χ0n) is 10.0. The third-order valence-corrected chi connectivity index (χ3v) is 3.21. The molecular weight excluding hydrogens is 198 g/mol. The highest BCUT2D eigenvalue weighted by molar-refractivity contribution is 5.22. The van der Waals surface area contributed by atoms with Gasteiger partial charge in [0.1, 0.15) is 0 Å². The van der Waals surface area contributed by atoms with Crippen LogP contribution < -0.4 is 5.32 Å². The lowest BCUT2D eigenvalue weighted by molar-refractivity contribution is 0.190. The maximum Gasteiger partial charge on any atom is 0.0620 e. The monoisotopic (exact) mass is 219 g/mol. The van der Waals surface area contributed by atoms with Crippen molar-refractivity contribution in [1.29, 1.82) is 0 Å². The van der Waals surface area contributed by atoms with Crippen LogP contribution in [0.15, 0.2) is 24.3 Å². The Morgan fingerprint density at radius 1 is 1.25 bits per heavy atom. The second kappa shape index (κ2) is 6.02. The first kappa shape index (κ1) is 11.6. The summed E-state index contributed by atoms with van der Waals surface area (Å²) in [5.41, 5.74) is 2.84. The number of aryl methyl sites for hydroxylation is 1. The molecule has 0 aromatic heterocycles. The minimum Gasteiger partial charge on any atom is -0.380 e. The minimum atomic E-state index is 0.579. The van der Waals surface area contributed by atoms with Crippen LogP contribution in [0.3, 0.4) is 0 Å². The van der Waals surface area contributed by atoms with Crippen LogP contribution in [0.2, 0.25) is 0 Å². The fourth-order valence-corrected chi connectivity index (χ4v) is 2.06. The predicted molar refractivity (Wildman–Crippen MR) is 66.8 cm³/mol. The van der Waals surface area contributed by atoms with E-state index in [1.54, 1.807) is 0 Å². The number of nitrogens with one attached hydrogen (secondary N) is 1. The third-order valence-electron chi connectivity index (χ3n) is 3.21. The van der Waals surface area contributed by atoms with Crippen LogP contribution in [0.5, 0.6) is 0 Å². The molecule has 0 bridgehead atoms. The second-order valence-electron chi connectivity index (χ2n) is 4.43. The van der Waals surface area contributed by atoms with Crippen LogP contribution in [0.1, 0.15) is 24.5 Å². The van der Waals surface area contributed by atoms with Crippen molar-refractivity contribution in [1.82, 2.24) is 5.32 Å². The van der Waals surface area contributed by atoms with E-state index in [9.17, 15) is 0 Å². The van der Waals surface area contributed by atoms with Crippen molar-refractivity contribution in [3.8, 4) is 0 Å². The molecule has 1 atom stereocenters. The zero-order valence-corrected chi connectivity index (χ0v) is 10.0. The molecule has 1 fully saturated rings. The van der Waals surface area contributed by atoms with Crippen LogP contribution >= 0.6 is 0 Å². The first-order valence-electron chi connectivity index (χ1n) is 6.27. The van der Waals surface area contributed by atoms with Gasteiger partial charge < -0.3 is 10.1 Å². The van der Waals surface area contributed by atoms with Gasteiger partial charge in [-0.3, -0.25) is 0 Å². The normalized spacial score (nSPS) is 20.2. The van der Waals surface area contributed by atoms with Gasteiger partial charge in [-0.25, -0.2) is 0 Å². The van der Waals surface area contributed by atoms with Gasteiger partial charge in [0.15, 0.2) is 0 Å². The van der Waals surface area contributed by atoms with Crippen LogP contribution in [0.4, 0.5) is 0 Å². The van der Waals surface area contributed by atoms with Crippen LogP contribution in [0, 0.1) is 0 Å². The molecule has 1 heterocycles. The summed E-state index contributed by atoms with van der Waals surface area (Å²) in [5, 5.41) is 3.53. The van der Waals surface area contributed by atoms with Gasteiger partial charge in [-0.2, -0.15) is 0 Å².